The van der Waals surface area contributed by atoms with Crippen molar-refractivity contribution in [3.05, 3.63) is 45.3 Å². The van der Waals surface area contributed by atoms with Crippen LogP contribution in [0.1, 0.15) is 57.5 Å². The molecule has 0 N–H and O–H groups in total. The molecule has 36 heavy (non-hydrogen) atoms. The summed E-state index contributed by atoms with van der Waals surface area (Å²) in [6.07, 6.45) is 0.574. The standard InChI is InChI=1S/C25H30Cl2N6O3/c1-13-7-8-28-18-15(3)35-23-30-21(16-11-17(26)20(27)29-22(16)33(23)19(13)18)32-10-9-31(12-14(32)2)24(34)36-25(4,5)6/h7-8,11,14-15,23H,9-10,12H2,1-6H3/t14-,15?,23?/m0/s1. The minimum Gasteiger partial charge on any atom is -0.444 e. The van der Waals surface area contributed by atoms with Crippen molar-refractivity contribution < 1.29 is 14.3 Å². The third kappa shape index (κ3) is 4.37. The molecular weight excluding hydrogens is 503 g/mol. The average Bonchev–Trinajstić information content (AvgIpc) is 2.79. The van der Waals surface area contributed by atoms with Crippen LogP contribution in [0.15, 0.2) is 23.3 Å². The van der Waals surface area contributed by atoms with E-state index in [-0.39, 0.29) is 23.4 Å². The van der Waals surface area contributed by atoms with Gasteiger partial charge in [0.15, 0.2) is 0 Å². The molecular formula is C25H30Cl2N6O3. The summed E-state index contributed by atoms with van der Waals surface area (Å²) in [5, 5.41) is 0.552. The number of fused-ring (bicyclic) bond motifs is 5. The van der Waals surface area contributed by atoms with Crippen molar-refractivity contribution in [2.24, 2.45) is 4.99 Å². The van der Waals surface area contributed by atoms with Gasteiger partial charge in [-0.1, -0.05) is 23.2 Å². The topological polar surface area (TPSA) is 83.4 Å². The highest BCUT2D eigenvalue weighted by atomic mass is 35.5. The minimum absolute atomic E-state index is 0.0319. The highest BCUT2D eigenvalue weighted by Crippen LogP contribution is 2.46. The Morgan fingerprint density at radius 1 is 1.22 bits per heavy atom. The number of rotatable bonds is 0. The Balaban J connectivity index is 1.53. The van der Waals surface area contributed by atoms with Gasteiger partial charge < -0.3 is 19.3 Å². The summed E-state index contributed by atoms with van der Waals surface area (Å²) < 4.78 is 11.9. The molecule has 3 aliphatic rings. The quantitative estimate of drug-likeness (QED) is 0.425. The summed E-state index contributed by atoms with van der Waals surface area (Å²) in [5.74, 6) is 1.33. The molecule has 1 amide bonds. The van der Waals surface area contributed by atoms with Crippen LogP contribution >= 0.6 is 23.2 Å². The van der Waals surface area contributed by atoms with E-state index in [2.05, 4.69) is 21.8 Å². The number of amidine groups is 1. The second-order valence-electron chi connectivity index (χ2n) is 10.4. The van der Waals surface area contributed by atoms with E-state index in [1.807, 2.05) is 45.6 Å². The first kappa shape index (κ1) is 25.0. The summed E-state index contributed by atoms with van der Waals surface area (Å²) in [7, 11) is 0. The molecule has 2 aromatic rings. The molecule has 0 aliphatic carbocycles. The zero-order valence-corrected chi connectivity index (χ0v) is 22.8. The van der Waals surface area contributed by atoms with Gasteiger partial charge in [-0.2, -0.15) is 0 Å². The van der Waals surface area contributed by atoms with Gasteiger partial charge in [-0.25, -0.2) is 14.8 Å². The fourth-order valence-corrected chi connectivity index (χ4v) is 5.16. The molecule has 1 fully saturated rings. The van der Waals surface area contributed by atoms with Gasteiger partial charge >= 0.3 is 6.09 Å². The number of carbonyl (C=O) groups excluding carboxylic acids is 1. The van der Waals surface area contributed by atoms with E-state index >= 15 is 0 Å². The summed E-state index contributed by atoms with van der Waals surface area (Å²) in [6.45, 7) is 13.2. The zero-order valence-electron chi connectivity index (χ0n) is 21.2. The lowest BCUT2D eigenvalue weighted by molar-refractivity contribution is -0.00934. The molecule has 5 heterocycles. The molecule has 0 spiro atoms. The molecule has 5 rings (SSSR count). The van der Waals surface area contributed by atoms with Crippen molar-refractivity contribution in [1.82, 2.24) is 19.8 Å². The van der Waals surface area contributed by atoms with Crippen LogP contribution < -0.4 is 4.90 Å². The van der Waals surface area contributed by atoms with Gasteiger partial charge in [0.1, 0.15) is 28.5 Å². The van der Waals surface area contributed by atoms with Crippen LogP contribution in [-0.4, -0.2) is 69.3 Å². The van der Waals surface area contributed by atoms with Crippen LogP contribution in [0.5, 0.6) is 0 Å². The van der Waals surface area contributed by atoms with Gasteiger partial charge in [0.25, 0.3) is 0 Å². The number of amides is 1. The number of halogens is 2. The Labute approximate surface area is 221 Å². The molecule has 0 aromatic carbocycles. The first-order valence-corrected chi connectivity index (χ1v) is 12.8. The Kier molecular flexibility index (Phi) is 6.29. The van der Waals surface area contributed by atoms with Crippen LogP contribution in [-0.2, 0) is 9.47 Å². The Bertz CT molecular complexity index is 1250. The van der Waals surface area contributed by atoms with Crippen molar-refractivity contribution in [3.8, 4) is 0 Å². The number of hydrogen-bond acceptors (Lipinski definition) is 8. The van der Waals surface area contributed by atoms with Crippen LogP contribution in [0.4, 0.5) is 16.3 Å². The van der Waals surface area contributed by atoms with E-state index in [4.69, 9.17) is 37.7 Å². The maximum absolute atomic E-state index is 12.7. The maximum atomic E-state index is 12.7. The number of aromatic nitrogens is 2. The van der Waals surface area contributed by atoms with E-state index in [0.29, 0.717) is 36.3 Å². The number of piperazine rings is 1. The number of carbonyl (C=O) groups is 1. The van der Waals surface area contributed by atoms with Crippen LogP contribution in [0, 0.1) is 6.92 Å². The van der Waals surface area contributed by atoms with Crippen LogP contribution in [0.25, 0.3) is 0 Å². The maximum Gasteiger partial charge on any atom is 0.410 e. The normalized spacial score (nSPS) is 23.5. The Morgan fingerprint density at radius 3 is 2.67 bits per heavy atom. The molecule has 9 nitrogen and oxygen atoms in total. The highest BCUT2D eigenvalue weighted by Gasteiger charge is 2.42. The molecule has 0 radical (unpaired) electrons. The first-order chi connectivity index (χ1) is 16.9. The van der Waals surface area contributed by atoms with Crippen LogP contribution in [0.3, 0.4) is 0 Å². The van der Waals surface area contributed by atoms with E-state index in [9.17, 15) is 4.79 Å². The number of ether oxygens (including phenoxy) is 2. The average molecular weight is 533 g/mol. The molecule has 2 aromatic heterocycles. The number of hydrogen-bond donors (Lipinski definition) is 0. The fraction of sp³-hybridized carbons (Fsp3) is 0.520. The SMILES string of the molecule is Cc1ccnc2c1N1c3nc(Cl)c(Cl)cc3C(N3CCN(C(=O)OC(C)(C)C)C[C@@H]3C)=NC1OC2C. The zero-order chi connectivity index (χ0) is 25.9. The number of pyridine rings is 2. The molecule has 192 valence electrons. The molecule has 0 saturated carbocycles. The second kappa shape index (κ2) is 9.04. The lowest BCUT2D eigenvalue weighted by Gasteiger charge is -2.46. The third-order valence-corrected chi connectivity index (χ3v) is 7.17. The summed E-state index contributed by atoms with van der Waals surface area (Å²) in [6, 6.07) is 3.73. The second-order valence-corrected chi connectivity index (χ2v) is 11.2. The van der Waals surface area contributed by atoms with Gasteiger partial charge in [0.2, 0.25) is 6.35 Å². The molecule has 3 atom stereocenters. The largest absolute Gasteiger partial charge is 0.444 e. The van der Waals surface area contributed by atoms with Gasteiger partial charge in [-0.3, -0.25) is 9.88 Å². The fourth-order valence-electron chi connectivity index (χ4n) is 4.87. The number of anilines is 2. The molecule has 2 unspecified atom stereocenters. The van der Waals surface area contributed by atoms with Crippen molar-refractivity contribution in [3.63, 3.8) is 0 Å². The monoisotopic (exact) mass is 532 g/mol. The third-order valence-electron chi connectivity index (χ3n) is 6.49. The van der Waals surface area contributed by atoms with Gasteiger partial charge in [0, 0.05) is 31.9 Å². The highest BCUT2D eigenvalue weighted by molar-refractivity contribution is 6.41. The molecule has 11 heteroatoms. The Morgan fingerprint density at radius 2 is 1.97 bits per heavy atom. The summed E-state index contributed by atoms with van der Waals surface area (Å²) in [5.41, 5.74) is 2.98. The summed E-state index contributed by atoms with van der Waals surface area (Å²) >= 11 is 12.8. The predicted octanol–water partition coefficient (Wildman–Crippen LogP) is 5.31. The van der Waals surface area contributed by atoms with E-state index in [1.165, 1.54) is 0 Å². The van der Waals surface area contributed by atoms with Crippen LogP contribution in [0.2, 0.25) is 10.2 Å². The molecule has 0 bridgehead atoms. The van der Waals surface area contributed by atoms with Gasteiger partial charge in [-0.05, 0) is 59.2 Å². The lowest BCUT2D eigenvalue weighted by Crippen LogP contribution is -2.57. The predicted molar refractivity (Wildman–Crippen MR) is 139 cm³/mol. The van der Waals surface area contributed by atoms with E-state index in [0.717, 1.165) is 22.5 Å². The number of aryl methyl sites for hydroxylation is 1. The van der Waals surface area contributed by atoms with Crippen molar-refractivity contribution in [2.45, 2.75) is 65.6 Å². The van der Waals surface area contributed by atoms with Crippen molar-refractivity contribution in [2.75, 3.05) is 24.5 Å². The number of nitrogens with zero attached hydrogens (tertiary/aromatic N) is 6. The smallest absolute Gasteiger partial charge is 0.410 e. The molecule has 3 aliphatic heterocycles. The van der Waals surface area contributed by atoms with E-state index in [1.54, 1.807) is 17.2 Å². The number of aliphatic imine (C=N–C) groups is 1. The van der Waals surface area contributed by atoms with Gasteiger partial charge in [0.05, 0.1) is 22.0 Å². The molecule has 1 saturated heterocycles. The van der Waals surface area contributed by atoms with Crippen molar-refractivity contribution in [1.29, 1.82) is 0 Å². The van der Waals surface area contributed by atoms with Gasteiger partial charge in [-0.15, -0.1) is 0 Å². The van der Waals surface area contributed by atoms with Crippen molar-refractivity contribution >= 4 is 46.6 Å². The first-order valence-electron chi connectivity index (χ1n) is 12.0. The summed E-state index contributed by atoms with van der Waals surface area (Å²) in [4.78, 5) is 32.8. The minimum atomic E-state index is -0.640. The lowest BCUT2D eigenvalue weighted by atomic mass is 10.0. The van der Waals surface area contributed by atoms with E-state index < -0.39 is 12.0 Å². The Hall–Kier alpha value is -2.62.